The highest BCUT2D eigenvalue weighted by atomic mass is 16.5. The Bertz CT molecular complexity index is 209. The predicted octanol–water partition coefficient (Wildman–Crippen LogP) is 1.55. The minimum Gasteiger partial charge on any atom is -0.381 e. The maximum atomic E-state index is 12.1. The van der Waals surface area contributed by atoms with Crippen LogP contribution in [-0.4, -0.2) is 31.7 Å². The van der Waals surface area contributed by atoms with Gasteiger partial charge in [-0.2, -0.15) is 0 Å². The first-order chi connectivity index (χ1) is 6.78. The summed E-state index contributed by atoms with van der Waals surface area (Å²) in [6, 6.07) is 0. The van der Waals surface area contributed by atoms with Crippen molar-refractivity contribution in [1.29, 1.82) is 0 Å². The summed E-state index contributed by atoms with van der Waals surface area (Å²) in [6.45, 7) is 1.41. The number of carbonyl (C=O) groups is 1. The Balaban J connectivity index is 1.98. The molecule has 2 rings (SSSR count). The first-order valence-electron chi connectivity index (χ1n) is 5.46. The molecule has 1 aliphatic carbocycles. The van der Waals surface area contributed by atoms with Crippen molar-refractivity contribution in [2.75, 3.05) is 20.3 Å². The highest BCUT2D eigenvalue weighted by Crippen LogP contribution is 2.39. The summed E-state index contributed by atoms with van der Waals surface area (Å²) in [5.74, 6) is 0.370. The molecular formula is C11H18O3. The zero-order chi connectivity index (χ0) is 10.0. The fourth-order valence-electron chi connectivity index (χ4n) is 2.37. The standard InChI is InChI=1S/C11H18O3/c1-13-11(5-3-6-11)10(12)9-4-2-7-14-8-9/h9H,2-8H2,1H3. The SMILES string of the molecule is COC1(C(=O)C2CCCOC2)CCC1. The van der Waals surface area contributed by atoms with Gasteiger partial charge in [-0.3, -0.25) is 4.79 Å². The zero-order valence-electron chi connectivity index (χ0n) is 8.75. The van der Waals surface area contributed by atoms with E-state index in [1.807, 2.05) is 0 Å². The lowest BCUT2D eigenvalue weighted by molar-refractivity contribution is -0.160. The Kier molecular flexibility index (Phi) is 2.88. The molecule has 80 valence electrons. The monoisotopic (exact) mass is 198 g/mol. The van der Waals surface area contributed by atoms with Crippen LogP contribution in [0.2, 0.25) is 0 Å². The van der Waals surface area contributed by atoms with Gasteiger partial charge in [-0.25, -0.2) is 0 Å². The maximum Gasteiger partial charge on any atom is 0.169 e. The molecule has 1 heterocycles. The van der Waals surface area contributed by atoms with Crippen molar-refractivity contribution in [1.82, 2.24) is 0 Å². The molecule has 0 aromatic heterocycles. The highest BCUT2D eigenvalue weighted by Gasteiger charge is 2.47. The maximum absolute atomic E-state index is 12.1. The molecule has 2 aliphatic rings. The van der Waals surface area contributed by atoms with E-state index in [0.29, 0.717) is 6.61 Å². The molecule has 0 bridgehead atoms. The molecule has 0 radical (unpaired) electrons. The van der Waals surface area contributed by atoms with E-state index in [2.05, 4.69) is 0 Å². The van der Waals surface area contributed by atoms with Gasteiger partial charge in [-0.05, 0) is 32.1 Å². The summed E-state index contributed by atoms with van der Waals surface area (Å²) >= 11 is 0. The van der Waals surface area contributed by atoms with Crippen LogP contribution < -0.4 is 0 Å². The van der Waals surface area contributed by atoms with Gasteiger partial charge in [0, 0.05) is 19.6 Å². The number of ketones is 1. The van der Waals surface area contributed by atoms with Crippen molar-refractivity contribution < 1.29 is 14.3 Å². The summed E-state index contributed by atoms with van der Waals surface area (Å²) in [4.78, 5) is 12.1. The van der Waals surface area contributed by atoms with Crippen molar-refractivity contribution >= 4 is 5.78 Å². The lowest BCUT2D eigenvalue weighted by Crippen LogP contribution is -2.51. The fraction of sp³-hybridized carbons (Fsp3) is 0.909. The van der Waals surface area contributed by atoms with Gasteiger partial charge in [0.25, 0.3) is 0 Å². The van der Waals surface area contributed by atoms with Gasteiger partial charge in [-0.15, -0.1) is 0 Å². The molecule has 1 unspecified atom stereocenters. The number of hydrogen-bond donors (Lipinski definition) is 0. The summed E-state index contributed by atoms with van der Waals surface area (Å²) in [5, 5.41) is 0. The van der Waals surface area contributed by atoms with E-state index in [1.165, 1.54) is 0 Å². The van der Waals surface area contributed by atoms with Crippen LogP contribution in [0.15, 0.2) is 0 Å². The Morgan fingerprint density at radius 1 is 1.43 bits per heavy atom. The minimum absolute atomic E-state index is 0.0870. The van der Waals surface area contributed by atoms with Crippen LogP contribution in [0, 0.1) is 5.92 Å². The number of rotatable bonds is 3. The van der Waals surface area contributed by atoms with Crippen LogP contribution in [0.1, 0.15) is 32.1 Å². The van der Waals surface area contributed by atoms with Crippen molar-refractivity contribution in [3.63, 3.8) is 0 Å². The molecule has 0 aromatic rings. The molecule has 0 amide bonds. The average Bonchev–Trinajstić information content (AvgIpc) is 2.18. The molecular weight excluding hydrogens is 180 g/mol. The van der Waals surface area contributed by atoms with Crippen molar-refractivity contribution in [2.24, 2.45) is 5.92 Å². The highest BCUT2D eigenvalue weighted by molar-refractivity contribution is 5.90. The van der Waals surface area contributed by atoms with E-state index >= 15 is 0 Å². The molecule has 14 heavy (non-hydrogen) atoms. The lowest BCUT2D eigenvalue weighted by Gasteiger charge is -2.41. The molecule has 0 spiro atoms. The van der Waals surface area contributed by atoms with Crippen molar-refractivity contribution in [2.45, 2.75) is 37.7 Å². The van der Waals surface area contributed by atoms with Crippen LogP contribution in [-0.2, 0) is 14.3 Å². The van der Waals surface area contributed by atoms with E-state index in [-0.39, 0.29) is 11.7 Å². The van der Waals surface area contributed by atoms with Crippen LogP contribution in [0.3, 0.4) is 0 Å². The first-order valence-corrected chi connectivity index (χ1v) is 5.46. The van der Waals surface area contributed by atoms with E-state index in [4.69, 9.17) is 9.47 Å². The van der Waals surface area contributed by atoms with Gasteiger partial charge >= 0.3 is 0 Å². The number of ether oxygens (including phenoxy) is 2. The smallest absolute Gasteiger partial charge is 0.169 e. The molecule has 0 aromatic carbocycles. The number of Topliss-reactive ketones (excluding diaryl/α,β-unsaturated/α-hetero) is 1. The van der Waals surface area contributed by atoms with Crippen LogP contribution in [0.4, 0.5) is 0 Å². The third-order valence-corrected chi connectivity index (χ3v) is 3.53. The van der Waals surface area contributed by atoms with Gasteiger partial charge in [0.15, 0.2) is 5.78 Å². The third kappa shape index (κ3) is 1.59. The Morgan fingerprint density at radius 3 is 2.64 bits per heavy atom. The second kappa shape index (κ2) is 3.99. The Morgan fingerprint density at radius 2 is 2.21 bits per heavy atom. The van der Waals surface area contributed by atoms with E-state index in [1.54, 1.807) is 7.11 Å². The molecule has 1 aliphatic heterocycles. The topological polar surface area (TPSA) is 35.5 Å². The largest absolute Gasteiger partial charge is 0.381 e. The lowest BCUT2D eigenvalue weighted by atomic mass is 9.72. The molecule has 1 saturated heterocycles. The molecule has 2 fully saturated rings. The number of carbonyl (C=O) groups excluding carboxylic acids is 1. The first kappa shape index (κ1) is 10.1. The van der Waals surface area contributed by atoms with Gasteiger partial charge in [0.1, 0.15) is 5.60 Å². The second-order valence-electron chi connectivity index (χ2n) is 4.33. The molecule has 0 N–H and O–H groups in total. The van der Waals surface area contributed by atoms with E-state index < -0.39 is 5.60 Å². The van der Waals surface area contributed by atoms with Gasteiger partial charge in [-0.1, -0.05) is 0 Å². The van der Waals surface area contributed by atoms with Crippen LogP contribution in [0.5, 0.6) is 0 Å². The second-order valence-corrected chi connectivity index (χ2v) is 4.33. The molecule has 1 atom stereocenters. The Labute approximate surface area is 84.8 Å². The quantitative estimate of drug-likeness (QED) is 0.690. The minimum atomic E-state index is -0.439. The fourth-order valence-corrected chi connectivity index (χ4v) is 2.37. The third-order valence-electron chi connectivity index (χ3n) is 3.53. The van der Waals surface area contributed by atoms with Crippen LogP contribution >= 0.6 is 0 Å². The van der Waals surface area contributed by atoms with Crippen LogP contribution in [0.25, 0.3) is 0 Å². The summed E-state index contributed by atoms with van der Waals surface area (Å²) in [5.41, 5.74) is -0.439. The van der Waals surface area contributed by atoms with Gasteiger partial charge in [0.05, 0.1) is 6.61 Å². The normalized spacial score (nSPS) is 30.8. The van der Waals surface area contributed by atoms with E-state index in [9.17, 15) is 4.79 Å². The average molecular weight is 198 g/mol. The predicted molar refractivity (Wildman–Crippen MR) is 52.1 cm³/mol. The van der Waals surface area contributed by atoms with Crippen molar-refractivity contribution in [3.8, 4) is 0 Å². The zero-order valence-corrected chi connectivity index (χ0v) is 8.75. The van der Waals surface area contributed by atoms with Gasteiger partial charge < -0.3 is 9.47 Å². The van der Waals surface area contributed by atoms with Gasteiger partial charge in [0.2, 0.25) is 0 Å². The summed E-state index contributed by atoms with van der Waals surface area (Å²) < 4.78 is 10.7. The van der Waals surface area contributed by atoms with Crippen molar-refractivity contribution in [3.05, 3.63) is 0 Å². The number of hydrogen-bond acceptors (Lipinski definition) is 3. The molecule has 3 nitrogen and oxygen atoms in total. The number of methoxy groups -OCH3 is 1. The summed E-state index contributed by atoms with van der Waals surface area (Å²) in [7, 11) is 1.65. The molecule has 1 saturated carbocycles. The molecule has 3 heteroatoms. The Hall–Kier alpha value is -0.410. The van der Waals surface area contributed by atoms with E-state index in [0.717, 1.165) is 38.7 Å². The summed E-state index contributed by atoms with van der Waals surface area (Å²) in [6.07, 6.45) is 4.91.